The van der Waals surface area contributed by atoms with Crippen LogP contribution in [0.4, 0.5) is 0 Å². The van der Waals surface area contributed by atoms with Crippen LogP contribution < -0.4 is 5.43 Å². The van der Waals surface area contributed by atoms with Crippen molar-refractivity contribution in [2.24, 2.45) is 10.4 Å². The summed E-state index contributed by atoms with van der Waals surface area (Å²) in [7, 11) is 3.43. The minimum Gasteiger partial charge on any atom is -0.293 e. The lowest BCUT2D eigenvalue weighted by Crippen LogP contribution is -2.23. The van der Waals surface area contributed by atoms with Gasteiger partial charge in [0.2, 0.25) is 5.70 Å². The minimum absolute atomic E-state index is 0.0681. The summed E-state index contributed by atoms with van der Waals surface area (Å²) in [6, 6.07) is 0.0681. The summed E-state index contributed by atoms with van der Waals surface area (Å²) in [4.78, 5) is 10.2. The van der Waals surface area contributed by atoms with Crippen LogP contribution in [0.2, 0.25) is 0 Å². The van der Waals surface area contributed by atoms with Crippen LogP contribution in [0.1, 0.15) is 26.7 Å². The Labute approximate surface area is 95.3 Å². The van der Waals surface area contributed by atoms with Crippen LogP contribution in [0.25, 0.3) is 0 Å². The topological polar surface area (TPSA) is 83.1 Å². The average molecular weight is 229 g/mol. The molecule has 0 aliphatic rings. The van der Waals surface area contributed by atoms with E-state index in [1.807, 2.05) is 6.92 Å². The SMILES string of the molecule is CC/C(=C\CC(C)N(C)/N=N\NC)[N+](=O)[O-]. The van der Waals surface area contributed by atoms with Crippen LogP contribution in [-0.4, -0.2) is 30.1 Å². The van der Waals surface area contributed by atoms with Crippen LogP contribution >= 0.6 is 0 Å². The molecule has 0 radical (unpaired) electrons. The summed E-state index contributed by atoms with van der Waals surface area (Å²) < 4.78 is 0. The van der Waals surface area contributed by atoms with E-state index in [9.17, 15) is 10.1 Å². The Hall–Kier alpha value is -1.66. The molecule has 0 spiro atoms. The molecular weight excluding hydrogens is 210 g/mol. The van der Waals surface area contributed by atoms with E-state index in [2.05, 4.69) is 15.9 Å². The highest BCUT2D eigenvalue weighted by Crippen LogP contribution is 2.08. The molecule has 7 nitrogen and oxygen atoms in total. The van der Waals surface area contributed by atoms with Crippen molar-refractivity contribution in [1.29, 1.82) is 0 Å². The van der Waals surface area contributed by atoms with Gasteiger partial charge in [0.05, 0.1) is 4.92 Å². The van der Waals surface area contributed by atoms with Gasteiger partial charge in [-0.2, -0.15) is 0 Å². The van der Waals surface area contributed by atoms with Crippen LogP contribution in [0.3, 0.4) is 0 Å². The Morgan fingerprint density at radius 1 is 1.69 bits per heavy atom. The summed E-state index contributed by atoms with van der Waals surface area (Å²) in [6.07, 6.45) is 2.64. The number of nitrogens with zero attached hydrogens (tertiary/aromatic N) is 4. The first kappa shape index (κ1) is 14.3. The zero-order chi connectivity index (χ0) is 12.6. The smallest absolute Gasteiger partial charge is 0.242 e. The van der Waals surface area contributed by atoms with Crippen LogP contribution in [0, 0.1) is 10.1 Å². The van der Waals surface area contributed by atoms with Crippen molar-refractivity contribution in [3.05, 3.63) is 21.9 Å². The van der Waals surface area contributed by atoms with Crippen molar-refractivity contribution in [3.63, 3.8) is 0 Å². The lowest BCUT2D eigenvalue weighted by atomic mass is 10.2. The molecule has 0 fully saturated rings. The van der Waals surface area contributed by atoms with Gasteiger partial charge in [-0.3, -0.25) is 20.5 Å². The second-order valence-electron chi connectivity index (χ2n) is 3.38. The second-order valence-corrected chi connectivity index (χ2v) is 3.38. The van der Waals surface area contributed by atoms with E-state index >= 15 is 0 Å². The molecule has 1 unspecified atom stereocenters. The van der Waals surface area contributed by atoms with E-state index in [-0.39, 0.29) is 16.7 Å². The molecule has 92 valence electrons. The third kappa shape index (κ3) is 5.28. The van der Waals surface area contributed by atoms with Gasteiger partial charge in [0.25, 0.3) is 0 Å². The summed E-state index contributed by atoms with van der Waals surface area (Å²) in [5, 5.41) is 19.7. The Balaban J connectivity index is 4.28. The summed E-state index contributed by atoms with van der Waals surface area (Å²) >= 11 is 0. The highest BCUT2D eigenvalue weighted by Gasteiger charge is 2.10. The van der Waals surface area contributed by atoms with E-state index < -0.39 is 0 Å². The van der Waals surface area contributed by atoms with E-state index in [1.165, 1.54) is 0 Å². The normalized spacial score (nSPS) is 13.9. The number of allylic oxidation sites excluding steroid dienone is 1. The van der Waals surface area contributed by atoms with E-state index in [1.54, 1.807) is 32.1 Å². The van der Waals surface area contributed by atoms with E-state index in [0.29, 0.717) is 12.8 Å². The maximum atomic E-state index is 10.6. The number of hydrogen-bond acceptors (Lipinski definition) is 4. The second kappa shape index (κ2) is 7.61. The van der Waals surface area contributed by atoms with Crippen LogP contribution in [0.15, 0.2) is 22.2 Å². The minimum atomic E-state index is -0.345. The lowest BCUT2D eigenvalue weighted by molar-refractivity contribution is -0.427. The molecule has 0 amide bonds. The van der Waals surface area contributed by atoms with Crippen molar-refractivity contribution in [3.8, 4) is 0 Å². The summed E-state index contributed by atoms with van der Waals surface area (Å²) in [6.45, 7) is 3.70. The molecule has 0 saturated heterocycles. The van der Waals surface area contributed by atoms with Gasteiger partial charge in [-0.25, -0.2) is 0 Å². The summed E-state index contributed by atoms with van der Waals surface area (Å²) in [5.74, 6) is 0. The Morgan fingerprint density at radius 2 is 2.31 bits per heavy atom. The lowest BCUT2D eigenvalue weighted by Gasteiger charge is -2.18. The molecule has 7 heteroatoms. The number of hydrogen-bond donors (Lipinski definition) is 1. The molecule has 0 bridgehead atoms. The Morgan fingerprint density at radius 3 is 2.75 bits per heavy atom. The molecule has 16 heavy (non-hydrogen) atoms. The van der Waals surface area contributed by atoms with Crippen molar-refractivity contribution < 1.29 is 4.92 Å². The van der Waals surface area contributed by atoms with Crippen molar-refractivity contribution in [2.75, 3.05) is 14.1 Å². The molecule has 0 aliphatic carbocycles. The first-order chi connectivity index (χ1) is 7.52. The van der Waals surface area contributed by atoms with Crippen LogP contribution in [-0.2, 0) is 0 Å². The highest BCUT2D eigenvalue weighted by atomic mass is 16.6. The van der Waals surface area contributed by atoms with Crippen molar-refractivity contribution in [1.82, 2.24) is 10.4 Å². The third-order valence-corrected chi connectivity index (χ3v) is 2.22. The fourth-order valence-corrected chi connectivity index (χ4v) is 1.01. The van der Waals surface area contributed by atoms with E-state index in [4.69, 9.17) is 0 Å². The predicted octanol–water partition coefficient (Wildman–Crippen LogP) is 1.77. The molecule has 0 aromatic heterocycles. The zero-order valence-corrected chi connectivity index (χ0v) is 10.2. The average Bonchev–Trinajstić information content (AvgIpc) is 2.25. The molecule has 0 aromatic carbocycles. The van der Waals surface area contributed by atoms with E-state index in [0.717, 1.165) is 0 Å². The fourth-order valence-electron chi connectivity index (χ4n) is 1.01. The highest BCUT2D eigenvalue weighted by molar-refractivity contribution is 4.92. The Bertz CT molecular complexity index is 277. The molecule has 1 N–H and O–H groups in total. The molecule has 0 saturated carbocycles. The van der Waals surface area contributed by atoms with Gasteiger partial charge in [-0.05, 0) is 19.4 Å². The maximum Gasteiger partial charge on any atom is 0.242 e. The predicted molar refractivity (Wildman–Crippen MR) is 61.1 cm³/mol. The van der Waals surface area contributed by atoms with Crippen LogP contribution in [0.5, 0.6) is 0 Å². The number of rotatable bonds is 7. The van der Waals surface area contributed by atoms with Crippen molar-refractivity contribution >= 4 is 0 Å². The molecule has 1 atom stereocenters. The monoisotopic (exact) mass is 229 g/mol. The molecule has 0 aliphatic heterocycles. The van der Waals surface area contributed by atoms with Gasteiger partial charge in [-0.1, -0.05) is 17.4 Å². The molecule has 0 aromatic rings. The molecular formula is C9H19N5O2. The number of nitrogens with one attached hydrogen (secondary N) is 1. The Kier molecular flexibility index (Phi) is 6.82. The van der Waals surface area contributed by atoms with Gasteiger partial charge in [0.1, 0.15) is 0 Å². The maximum absolute atomic E-state index is 10.6. The fraction of sp³-hybridized carbons (Fsp3) is 0.778. The van der Waals surface area contributed by atoms with Gasteiger partial charge in [0.15, 0.2) is 0 Å². The zero-order valence-electron chi connectivity index (χ0n) is 10.2. The van der Waals surface area contributed by atoms with Gasteiger partial charge in [-0.15, -0.1) is 0 Å². The largest absolute Gasteiger partial charge is 0.293 e. The molecule has 0 heterocycles. The van der Waals surface area contributed by atoms with Gasteiger partial charge in [0, 0.05) is 26.6 Å². The first-order valence-electron chi connectivity index (χ1n) is 5.16. The van der Waals surface area contributed by atoms with Crippen molar-refractivity contribution in [2.45, 2.75) is 32.7 Å². The van der Waals surface area contributed by atoms with Gasteiger partial charge < -0.3 is 0 Å². The standard InChI is InChI=1S/C9H19N5O2/c1-5-9(14(15)16)7-6-8(2)13(4)12-11-10-3/h7-8H,5-6H2,1-4H3,(H,10,12)/b9-7+. The summed E-state index contributed by atoms with van der Waals surface area (Å²) in [5.41, 5.74) is 2.78. The quantitative estimate of drug-likeness (QED) is 0.409. The third-order valence-electron chi connectivity index (χ3n) is 2.22. The first-order valence-corrected chi connectivity index (χ1v) is 5.16. The van der Waals surface area contributed by atoms with Gasteiger partial charge >= 0.3 is 0 Å². The molecule has 0 rings (SSSR count). The number of nitro groups is 1.